The quantitative estimate of drug-likeness (QED) is 0.624. The Morgan fingerprint density at radius 3 is 2.42 bits per heavy atom. The van der Waals surface area contributed by atoms with Crippen LogP contribution in [0.15, 0.2) is 24.3 Å². The fourth-order valence-electron chi connectivity index (χ4n) is 1.66. The molecule has 3 N–H and O–H groups in total. The Labute approximate surface area is 113 Å². The maximum atomic E-state index is 11.6. The van der Waals surface area contributed by atoms with Gasteiger partial charge in [-0.25, -0.2) is 0 Å². The van der Waals surface area contributed by atoms with E-state index in [1.165, 1.54) is 0 Å². The number of carbonyl (C=O) groups excluding carboxylic acids is 1. The van der Waals surface area contributed by atoms with Crippen molar-refractivity contribution in [1.29, 1.82) is 0 Å². The Morgan fingerprint density at radius 2 is 1.84 bits per heavy atom. The molecule has 1 rings (SSSR count). The van der Waals surface area contributed by atoms with Gasteiger partial charge in [-0.1, -0.05) is 12.1 Å². The van der Waals surface area contributed by atoms with Crippen molar-refractivity contribution in [3.05, 3.63) is 29.8 Å². The summed E-state index contributed by atoms with van der Waals surface area (Å²) in [7, 11) is 1.85. The molecule has 0 aromatic heterocycles. The Morgan fingerprint density at radius 1 is 1.16 bits per heavy atom. The van der Waals surface area contributed by atoms with E-state index < -0.39 is 5.97 Å². The van der Waals surface area contributed by atoms with Gasteiger partial charge in [0.2, 0.25) is 5.91 Å². The summed E-state index contributed by atoms with van der Waals surface area (Å²) in [5, 5.41) is 14.4. The lowest BCUT2D eigenvalue weighted by molar-refractivity contribution is -0.137. The normalized spacial score (nSPS) is 10.2. The molecular weight excluding hydrogens is 244 g/mol. The maximum absolute atomic E-state index is 11.6. The SMILES string of the molecule is CNCCCC(=O)Nc1ccc(CCC(=O)O)cc1. The molecule has 1 aromatic rings. The molecule has 0 aliphatic heterocycles. The van der Waals surface area contributed by atoms with Crippen LogP contribution in [0.2, 0.25) is 0 Å². The first kappa shape index (κ1) is 15.2. The number of hydrogen-bond donors (Lipinski definition) is 3. The predicted octanol–water partition coefficient (Wildman–Crippen LogP) is 1.64. The predicted molar refractivity (Wildman–Crippen MR) is 74.2 cm³/mol. The van der Waals surface area contributed by atoms with Crippen molar-refractivity contribution in [2.45, 2.75) is 25.7 Å². The van der Waals surface area contributed by atoms with Gasteiger partial charge in [0.25, 0.3) is 0 Å². The zero-order chi connectivity index (χ0) is 14.1. The third-order valence-corrected chi connectivity index (χ3v) is 2.70. The first-order chi connectivity index (χ1) is 9.11. The molecule has 0 spiro atoms. The van der Waals surface area contributed by atoms with Crippen molar-refractivity contribution in [3.8, 4) is 0 Å². The number of carboxylic acids is 1. The number of carbonyl (C=O) groups is 2. The van der Waals surface area contributed by atoms with Gasteiger partial charge < -0.3 is 15.7 Å². The van der Waals surface area contributed by atoms with Crippen molar-refractivity contribution in [1.82, 2.24) is 5.32 Å². The molecule has 0 atom stereocenters. The van der Waals surface area contributed by atoms with Gasteiger partial charge in [0.15, 0.2) is 0 Å². The van der Waals surface area contributed by atoms with E-state index in [4.69, 9.17) is 5.11 Å². The number of benzene rings is 1. The summed E-state index contributed by atoms with van der Waals surface area (Å²) in [6, 6.07) is 7.28. The Kier molecular flexibility index (Phi) is 6.60. The molecule has 0 aliphatic carbocycles. The van der Waals surface area contributed by atoms with Crippen molar-refractivity contribution in [2.75, 3.05) is 18.9 Å². The molecule has 0 saturated carbocycles. The molecule has 0 aliphatic rings. The van der Waals surface area contributed by atoms with Crippen molar-refractivity contribution >= 4 is 17.6 Å². The van der Waals surface area contributed by atoms with E-state index in [0.29, 0.717) is 12.8 Å². The van der Waals surface area contributed by atoms with Gasteiger partial charge >= 0.3 is 5.97 Å². The highest BCUT2D eigenvalue weighted by Crippen LogP contribution is 2.11. The second kappa shape index (κ2) is 8.26. The molecule has 0 heterocycles. The lowest BCUT2D eigenvalue weighted by Gasteiger charge is -2.06. The van der Waals surface area contributed by atoms with Gasteiger partial charge in [0.05, 0.1) is 0 Å². The van der Waals surface area contributed by atoms with Crippen LogP contribution in [0.3, 0.4) is 0 Å². The molecule has 1 amide bonds. The monoisotopic (exact) mass is 264 g/mol. The van der Waals surface area contributed by atoms with Crippen LogP contribution >= 0.6 is 0 Å². The molecular formula is C14H20N2O3. The van der Waals surface area contributed by atoms with Crippen molar-refractivity contribution in [2.24, 2.45) is 0 Å². The van der Waals surface area contributed by atoms with Crippen LogP contribution in [-0.2, 0) is 16.0 Å². The molecule has 1 aromatic carbocycles. The summed E-state index contributed by atoms with van der Waals surface area (Å²) in [6.07, 6.45) is 1.92. The van der Waals surface area contributed by atoms with Crippen LogP contribution in [0.5, 0.6) is 0 Å². The van der Waals surface area contributed by atoms with E-state index in [0.717, 1.165) is 24.2 Å². The highest BCUT2D eigenvalue weighted by molar-refractivity contribution is 5.90. The summed E-state index contributed by atoms with van der Waals surface area (Å²) < 4.78 is 0. The van der Waals surface area contributed by atoms with Gasteiger partial charge in [0.1, 0.15) is 0 Å². The molecule has 5 heteroatoms. The fourth-order valence-corrected chi connectivity index (χ4v) is 1.66. The average molecular weight is 264 g/mol. The van der Waals surface area contributed by atoms with Crippen molar-refractivity contribution < 1.29 is 14.7 Å². The zero-order valence-electron chi connectivity index (χ0n) is 11.1. The summed E-state index contributed by atoms with van der Waals surface area (Å²) in [5.74, 6) is -0.810. The first-order valence-corrected chi connectivity index (χ1v) is 6.37. The highest BCUT2D eigenvalue weighted by atomic mass is 16.4. The number of carboxylic acid groups (broad SMARTS) is 1. The van der Waals surface area contributed by atoms with Crippen LogP contribution in [-0.4, -0.2) is 30.6 Å². The minimum Gasteiger partial charge on any atom is -0.481 e. The minimum absolute atomic E-state index is 0.00599. The number of hydrogen-bond acceptors (Lipinski definition) is 3. The van der Waals surface area contributed by atoms with E-state index in [1.54, 1.807) is 12.1 Å². The molecule has 0 saturated heterocycles. The standard InChI is InChI=1S/C14H20N2O3/c1-15-10-2-3-13(17)16-12-7-4-11(5-8-12)6-9-14(18)19/h4-5,7-8,15H,2-3,6,9-10H2,1H3,(H,16,17)(H,18,19). The molecule has 104 valence electrons. The third kappa shape index (κ3) is 6.57. The zero-order valence-corrected chi connectivity index (χ0v) is 11.1. The van der Waals surface area contributed by atoms with Crippen LogP contribution in [0, 0.1) is 0 Å². The summed E-state index contributed by atoms with van der Waals surface area (Å²) >= 11 is 0. The number of aliphatic carboxylic acids is 1. The van der Waals surface area contributed by atoms with Crippen LogP contribution in [0.1, 0.15) is 24.8 Å². The molecule has 0 bridgehead atoms. The van der Waals surface area contributed by atoms with Gasteiger partial charge in [-0.15, -0.1) is 0 Å². The molecule has 5 nitrogen and oxygen atoms in total. The number of amides is 1. The topological polar surface area (TPSA) is 78.4 Å². The average Bonchev–Trinajstić information content (AvgIpc) is 2.38. The molecule has 0 fully saturated rings. The van der Waals surface area contributed by atoms with E-state index in [9.17, 15) is 9.59 Å². The lowest BCUT2D eigenvalue weighted by Crippen LogP contribution is -2.15. The van der Waals surface area contributed by atoms with Gasteiger partial charge in [0, 0.05) is 18.5 Å². The Bertz CT molecular complexity index is 415. The van der Waals surface area contributed by atoms with Crippen LogP contribution in [0.25, 0.3) is 0 Å². The molecule has 19 heavy (non-hydrogen) atoms. The van der Waals surface area contributed by atoms with Crippen LogP contribution < -0.4 is 10.6 Å². The summed E-state index contributed by atoms with van der Waals surface area (Å²) in [4.78, 5) is 22.0. The Hall–Kier alpha value is -1.88. The second-order valence-corrected chi connectivity index (χ2v) is 4.35. The van der Waals surface area contributed by atoms with Crippen molar-refractivity contribution in [3.63, 3.8) is 0 Å². The number of rotatable bonds is 8. The minimum atomic E-state index is -0.804. The van der Waals surface area contributed by atoms with E-state index in [-0.39, 0.29) is 12.3 Å². The Balaban J connectivity index is 2.39. The van der Waals surface area contributed by atoms with E-state index in [1.807, 2.05) is 19.2 Å². The van der Waals surface area contributed by atoms with E-state index in [2.05, 4.69) is 10.6 Å². The summed E-state index contributed by atoms with van der Waals surface area (Å²) in [5.41, 5.74) is 1.70. The fraction of sp³-hybridized carbons (Fsp3) is 0.429. The van der Waals surface area contributed by atoms with Gasteiger partial charge in [-0.3, -0.25) is 9.59 Å². The van der Waals surface area contributed by atoms with Gasteiger partial charge in [-0.2, -0.15) is 0 Å². The van der Waals surface area contributed by atoms with E-state index >= 15 is 0 Å². The largest absolute Gasteiger partial charge is 0.481 e. The first-order valence-electron chi connectivity index (χ1n) is 6.37. The second-order valence-electron chi connectivity index (χ2n) is 4.35. The smallest absolute Gasteiger partial charge is 0.303 e. The molecule has 0 unspecified atom stereocenters. The number of nitrogens with one attached hydrogen (secondary N) is 2. The van der Waals surface area contributed by atoms with Gasteiger partial charge in [-0.05, 0) is 44.1 Å². The third-order valence-electron chi connectivity index (χ3n) is 2.70. The highest BCUT2D eigenvalue weighted by Gasteiger charge is 2.03. The molecule has 0 radical (unpaired) electrons. The number of anilines is 1. The summed E-state index contributed by atoms with van der Waals surface area (Å²) in [6.45, 7) is 0.821. The number of aryl methyl sites for hydroxylation is 1. The maximum Gasteiger partial charge on any atom is 0.303 e. The van der Waals surface area contributed by atoms with Crippen LogP contribution in [0.4, 0.5) is 5.69 Å². The lowest BCUT2D eigenvalue weighted by atomic mass is 10.1.